The minimum atomic E-state index is -0.853. The fourth-order valence-electron chi connectivity index (χ4n) is 3.06. The summed E-state index contributed by atoms with van der Waals surface area (Å²) in [5.41, 5.74) is -0.924. The van der Waals surface area contributed by atoms with E-state index in [0.717, 1.165) is 4.57 Å². The molecule has 0 unspecified atom stereocenters. The summed E-state index contributed by atoms with van der Waals surface area (Å²) in [5, 5.41) is 2.90. The van der Waals surface area contributed by atoms with Crippen molar-refractivity contribution in [1.29, 1.82) is 0 Å². The molecule has 0 atom stereocenters. The molecule has 0 fully saturated rings. The lowest BCUT2D eigenvalue weighted by atomic mass is 10.2. The minimum Gasteiger partial charge on any atom is -0.495 e. The number of carbonyl (C=O) groups excluding carboxylic acids is 1. The van der Waals surface area contributed by atoms with Crippen molar-refractivity contribution < 1.29 is 19.0 Å². The van der Waals surface area contributed by atoms with Gasteiger partial charge in [0.05, 0.1) is 37.2 Å². The Morgan fingerprint density at radius 2 is 1.72 bits per heavy atom. The standard InChI is InChI=1S/C22H22ClN3O6/c1-4-32-17-8-6-5-7-16(17)26-10-9-25(21(28)22(26)29)13-20(27)24-15-11-14(23)18(30-2)12-19(15)31-3/h5-12H,4,13H2,1-3H3,(H,24,27). The van der Waals surface area contributed by atoms with Crippen LogP contribution in [0.5, 0.6) is 17.2 Å². The van der Waals surface area contributed by atoms with E-state index < -0.39 is 17.0 Å². The first-order valence-corrected chi connectivity index (χ1v) is 10.0. The summed E-state index contributed by atoms with van der Waals surface area (Å²) in [4.78, 5) is 37.9. The molecule has 1 amide bonds. The SMILES string of the molecule is CCOc1ccccc1-n1ccn(CC(=O)Nc2cc(Cl)c(OC)cc2OC)c(=O)c1=O. The number of carbonyl (C=O) groups is 1. The first kappa shape index (κ1) is 23.0. The molecule has 0 saturated carbocycles. The van der Waals surface area contributed by atoms with E-state index in [1.807, 2.05) is 6.92 Å². The van der Waals surface area contributed by atoms with E-state index >= 15 is 0 Å². The maximum absolute atomic E-state index is 12.7. The molecule has 1 heterocycles. The molecule has 32 heavy (non-hydrogen) atoms. The zero-order chi connectivity index (χ0) is 23.3. The average Bonchev–Trinajstić information content (AvgIpc) is 2.78. The predicted molar refractivity (Wildman–Crippen MR) is 121 cm³/mol. The Morgan fingerprint density at radius 1 is 1.00 bits per heavy atom. The van der Waals surface area contributed by atoms with Gasteiger partial charge >= 0.3 is 11.1 Å². The monoisotopic (exact) mass is 459 g/mol. The van der Waals surface area contributed by atoms with Crippen molar-refractivity contribution >= 4 is 23.2 Å². The molecule has 2 aromatic carbocycles. The number of para-hydroxylation sites is 2. The summed E-state index contributed by atoms with van der Waals surface area (Å²) in [6.07, 6.45) is 2.78. The van der Waals surface area contributed by atoms with Crippen molar-refractivity contribution in [2.45, 2.75) is 13.5 Å². The third-order valence-corrected chi connectivity index (χ3v) is 4.84. The minimum absolute atomic E-state index is 0.274. The summed E-state index contributed by atoms with van der Waals surface area (Å²) in [7, 11) is 2.89. The number of amides is 1. The quantitative estimate of drug-likeness (QED) is 0.520. The fraction of sp³-hybridized carbons (Fsp3) is 0.227. The second kappa shape index (κ2) is 10.1. The van der Waals surface area contributed by atoms with E-state index in [2.05, 4.69) is 5.32 Å². The van der Waals surface area contributed by atoms with E-state index in [1.165, 1.54) is 43.3 Å². The van der Waals surface area contributed by atoms with Crippen LogP contribution in [0.2, 0.25) is 5.02 Å². The van der Waals surface area contributed by atoms with Crippen LogP contribution in [0, 0.1) is 0 Å². The summed E-state index contributed by atoms with van der Waals surface area (Å²) in [5.74, 6) is 0.637. The van der Waals surface area contributed by atoms with Crippen LogP contribution in [0.4, 0.5) is 5.69 Å². The molecule has 3 rings (SSSR count). The van der Waals surface area contributed by atoms with E-state index in [0.29, 0.717) is 35.2 Å². The lowest BCUT2D eigenvalue weighted by molar-refractivity contribution is -0.116. The van der Waals surface area contributed by atoms with Crippen molar-refractivity contribution in [3.05, 3.63) is 74.5 Å². The zero-order valence-corrected chi connectivity index (χ0v) is 18.5. The molecule has 0 aliphatic rings. The highest BCUT2D eigenvalue weighted by Gasteiger charge is 2.15. The smallest absolute Gasteiger partial charge is 0.321 e. The lowest BCUT2D eigenvalue weighted by Crippen LogP contribution is -2.41. The van der Waals surface area contributed by atoms with Crippen molar-refractivity contribution in [2.24, 2.45) is 0 Å². The van der Waals surface area contributed by atoms with E-state index in [-0.39, 0.29) is 11.6 Å². The van der Waals surface area contributed by atoms with Gasteiger partial charge in [-0.25, -0.2) is 0 Å². The van der Waals surface area contributed by atoms with Crippen molar-refractivity contribution in [3.8, 4) is 22.9 Å². The second-order valence-electron chi connectivity index (χ2n) is 6.54. The normalized spacial score (nSPS) is 10.5. The molecular weight excluding hydrogens is 438 g/mol. The fourth-order valence-corrected chi connectivity index (χ4v) is 3.30. The average molecular weight is 460 g/mol. The maximum Gasteiger partial charge on any atom is 0.321 e. The third-order valence-electron chi connectivity index (χ3n) is 4.54. The molecule has 0 spiro atoms. The number of rotatable bonds is 8. The topological polar surface area (TPSA) is 101 Å². The van der Waals surface area contributed by atoms with Gasteiger partial charge in [0.2, 0.25) is 5.91 Å². The number of ether oxygens (including phenoxy) is 3. The van der Waals surface area contributed by atoms with Gasteiger partial charge in [0.1, 0.15) is 23.8 Å². The molecule has 0 bridgehead atoms. The Balaban J connectivity index is 1.86. The van der Waals surface area contributed by atoms with Crippen LogP contribution in [-0.2, 0) is 11.3 Å². The van der Waals surface area contributed by atoms with Gasteiger partial charge < -0.3 is 19.5 Å². The summed E-state index contributed by atoms with van der Waals surface area (Å²) < 4.78 is 18.1. The summed E-state index contributed by atoms with van der Waals surface area (Å²) in [6.45, 7) is 1.85. The maximum atomic E-state index is 12.7. The number of benzene rings is 2. The molecule has 9 nitrogen and oxygen atoms in total. The number of nitrogens with zero attached hydrogens (tertiary/aromatic N) is 2. The highest BCUT2D eigenvalue weighted by Crippen LogP contribution is 2.35. The van der Waals surface area contributed by atoms with Gasteiger partial charge in [-0.3, -0.25) is 23.5 Å². The number of hydrogen-bond donors (Lipinski definition) is 1. The highest BCUT2D eigenvalue weighted by molar-refractivity contribution is 6.32. The van der Waals surface area contributed by atoms with Crippen molar-refractivity contribution in [2.75, 3.05) is 26.1 Å². The summed E-state index contributed by atoms with van der Waals surface area (Å²) in [6, 6.07) is 9.88. The number of nitrogens with one attached hydrogen (secondary N) is 1. The van der Waals surface area contributed by atoms with Gasteiger partial charge in [0, 0.05) is 18.5 Å². The van der Waals surface area contributed by atoms with Crippen LogP contribution in [0.3, 0.4) is 0 Å². The Bertz CT molecular complexity index is 1250. The zero-order valence-electron chi connectivity index (χ0n) is 17.8. The summed E-state index contributed by atoms with van der Waals surface area (Å²) >= 11 is 6.12. The van der Waals surface area contributed by atoms with Crippen molar-refractivity contribution in [1.82, 2.24) is 9.13 Å². The molecule has 0 radical (unpaired) electrons. The predicted octanol–water partition coefficient (Wildman–Crippen LogP) is 2.71. The van der Waals surface area contributed by atoms with Gasteiger partial charge in [0.15, 0.2) is 0 Å². The van der Waals surface area contributed by atoms with Gasteiger partial charge in [-0.05, 0) is 25.1 Å². The third kappa shape index (κ3) is 4.78. The molecule has 0 aliphatic carbocycles. The number of anilines is 1. The van der Waals surface area contributed by atoms with E-state index in [1.54, 1.807) is 24.3 Å². The molecule has 3 aromatic rings. The molecule has 1 aromatic heterocycles. The molecule has 0 saturated heterocycles. The number of methoxy groups -OCH3 is 2. The highest BCUT2D eigenvalue weighted by atomic mass is 35.5. The number of aromatic nitrogens is 2. The van der Waals surface area contributed by atoms with Crippen LogP contribution >= 0.6 is 11.6 Å². The second-order valence-corrected chi connectivity index (χ2v) is 6.95. The first-order valence-electron chi connectivity index (χ1n) is 9.65. The number of halogens is 1. The van der Waals surface area contributed by atoms with Crippen LogP contribution in [-0.4, -0.2) is 35.9 Å². The lowest BCUT2D eigenvalue weighted by Gasteiger charge is -2.14. The van der Waals surface area contributed by atoms with Crippen LogP contribution in [0.25, 0.3) is 5.69 Å². The van der Waals surface area contributed by atoms with Crippen LogP contribution in [0.15, 0.2) is 58.4 Å². The molecule has 0 aliphatic heterocycles. The molecule has 1 N–H and O–H groups in total. The Kier molecular flexibility index (Phi) is 7.21. The Morgan fingerprint density at radius 3 is 2.41 bits per heavy atom. The molecular formula is C22H22ClN3O6. The Labute approximate surface area is 188 Å². The van der Waals surface area contributed by atoms with Gasteiger partial charge in [-0.15, -0.1) is 0 Å². The van der Waals surface area contributed by atoms with E-state index in [4.69, 9.17) is 25.8 Å². The van der Waals surface area contributed by atoms with Crippen LogP contribution in [0.1, 0.15) is 6.92 Å². The van der Waals surface area contributed by atoms with Gasteiger partial charge in [-0.1, -0.05) is 23.7 Å². The largest absolute Gasteiger partial charge is 0.495 e. The first-order chi connectivity index (χ1) is 15.4. The van der Waals surface area contributed by atoms with E-state index in [9.17, 15) is 14.4 Å². The molecule has 168 valence electrons. The van der Waals surface area contributed by atoms with Crippen molar-refractivity contribution in [3.63, 3.8) is 0 Å². The number of hydrogen-bond acceptors (Lipinski definition) is 6. The Hall–Kier alpha value is -3.72. The van der Waals surface area contributed by atoms with Gasteiger partial charge in [0.25, 0.3) is 0 Å². The van der Waals surface area contributed by atoms with Gasteiger partial charge in [-0.2, -0.15) is 0 Å². The van der Waals surface area contributed by atoms with Crippen LogP contribution < -0.4 is 30.6 Å². The molecule has 10 heteroatoms.